The highest BCUT2D eigenvalue weighted by Crippen LogP contribution is 2.09. The number of unbranched alkanes of at least 4 members (excludes halogenated alkanes) is 9. The fourth-order valence-corrected chi connectivity index (χ4v) is 1.56. The lowest BCUT2D eigenvalue weighted by atomic mass is 10.1. The topological polar surface area (TPSA) is 69.1 Å². The Bertz CT molecular complexity index is 135. The quantitative estimate of drug-likeness (QED) is 0.454. The number of nitrogens with two attached hydrogens (primary N) is 2. The van der Waals surface area contributed by atoms with E-state index in [2.05, 4.69) is 38.5 Å². The molecular formula is C15H34N2O. The van der Waals surface area contributed by atoms with Crippen LogP contribution in [-0.2, 0) is 0 Å². The van der Waals surface area contributed by atoms with Gasteiger partial charge in [0.05, 0.1) is 0 Å². The second-order valence-electron chi connectivity index (χ2n) is 4.23. The first-order chi connectivity index (χ1) is 8.65. The highest BCUT2D eigenvalue weighted by atomic mass is 16.2. The van der Waals surface area contributed by atoms with Crippen molar-refractivity contribution < 1.29 is 4.79 Å². The van der Waals surface area contributed by atoms with E-state index < -0.39 is 6.03 Å². The molecular weight excluding hydrogens is 224 g/mol. The molecule has 3 heteroatoms. The van der Waals surface area contributed by atoms with Crippen molar-refractivity contribution in [1.82, 2.24) is 0 Å². The van der Waals surface area contributed by atoms with Crippen molar-refractivity contribution in [3.8, 4) is 0 Å². The van der Waals surface area contributed by atoms with Gasteiger partial charge in [0.1, 0.15) is 0 Å². The van der Waals surface area contributed by atoms with E-state index in [9.17, 15) is 0 Å². The molecule has 0 spiro atoms. The molecule has 0 fully saturated rings. The smallest absolute Gasteiger partial charge is 0.309 e. The van der Waals surface area contributed by atoms with Gasteiger partial charge in [-0.15, -0.1) is 13.2 Å². The molecule has 0 saturated carbocycles. The van der Waals surface area contributed by atoms with Crippen LogP contribution in [-0.4, -0.2) is 6.03 Å². The maximum Gasteiger partial charge on any atom is 0.309 e. The van der Waals surface area contributed by atoms with Crippen LogP contribution in [0, 0.1) is 0 Å². The van der Waals surface area contributed by atoms with Crippen LogP contribution < -0.4 is 11.5 Å². The lowest BCUT2D eigenvalue weighted by Gasteiger charge is -1.99. The minimum atomic E-state index is -0.833. The zero-order valence-electron chi connectivity index (χ0n) is 12.5. The summed E-state index contributed by atoms with van der Waals surface area (Å²) in [5.41, 5.74) is 8.50. The molecule has 0 aromatic carbocycles. The van der Waals surface area contributed by atoms with Crippen molar-refractivity contribution in [3.05, 3.63) is 13.2 Å². The minimum Gasteiger partial charge on any atom is -0.352 e. The Balaban J connectivity index is -0.000000317. The van der Waals surface area contributed by atoms with Gasteiger partial charge in [-0.3, -0.25) is 0 Å². The van der Waals surface area contributed by atoms with Gasteiger partial charge >= 0.3 is 6.03 Å². The Morgan fingerprint density at radius 2 is 0.889 bits per heavy atom. The lowest BCUT2D eigenvalue weighted by Crippen LogP contribution is -2.18. The van der Waals surface area contributed by atoms with Gasteiger partial charge in [0.2, 0.25) is 0 Å². The highest BCUT2D eigenvalue weighted by molar-refractivity contribution is 5.69. The normalized spacial score (nSPS) is 8.56. The summed E-state index contributed by atoms with van der Waals surface area (Å²) in [6.07, 6.45) is 14.4. The van der Waals surface area contributed by atoms with Gasteiger partial charge in [0.15, 0.2) is 0 Å². The maximum atomic E-state index is 9.00. The minimum absolute atomic E-state index is 0.833. The van der Waals surface area contributed by atoms with E-state index in [0.717, 1.165) is 0 Å². The number of carbonyl (C=O) groups excluding carboxylic acids is 1. The van der Waals surface area contributed by atoms with Gasteiger partial charge in [-0.25, -0.2) is 4.79 Å². The summed E-state index contributed by atoms with van der Waals surface area (Å²) >= 11 is 0. The summed E-state index contributed by atoms with van der Waals surface area (Å²) in [5.74, 6) is 0. The zero-order chi connectivity index (χ0) is 14.6. The molecule has 0 heterocycles. The summed E-state index contributed by atoms with van der Waals surface area (Å²) in [6.45, 7) is 10.6. The zero-order valence-corrected chi connectivity index (χ0v) is 12.5. The Morgan fingerprint density at radius 3 is 1.06 bits per heavy atom. The number of hydrogen-bond acceptors (Lipinski definition) is 1. The second-order valence-corrected chi connectivity index (χ2v) is 4.23. The van der Waals surface area contributed by atoms with Crippen molar-refractivity contribution in [1.29, 1.82) is 0 Å². The van der Waals surface area contributed by atoms with Gasteiger partial charge in [-0.2, -0.15) is 0 Å². The summed E-state index contributed by atoms with van der Waals surface area (Å²) in [5, 5.41) is 0. The molecule has 0 aromatic rings. The standard InChI is InChI=1S/C12H26.C2H4.CH4N2O/c1-3-5-7-9-11-12-10-8-6-4-2;1-2;2-1(3)4/h3-12H2,1-2H3;1-2H2;(H4,2,3,4). The predicted molar refractivity (Wildman–Crippen MR) is 82.5 cm³/mol. The van der Waals surface area contributed by atoms with E-state index >= 15 is 0 Å². The van der Waals surface area contributed by atoms with Gasteiger partial charge < -0.3 is 11.5 Å². The third kappa shape index (κ3) is 45.9. The van der Waals surface area contributed by atoms with Crippen LogP contribution in [0.5, 0.6) is 0 Å². The van der Waals surface area contributed by atoms with E-state index in [0.29, 0.717) is 0 Å². The predicted octanol–water partition coefficient (Wildman–Crippen LogP) is 4.75. The van der Waals surface area contributed by atoms with E-state index in [1.54, 1.807) is 0 Å². The Labute approximate surface area is 114 Å². The Kier molecular flexibility index (Phi) is 30.9. The van der Waals surface area contributed by atoms with E-state index in [1.807, 2.05) is 0 Å². The first-order valence-electron chi connectivity index (χ1n) is 7.20. The number of hydrogen-bond donors (Lipinski definition) is 2. The number of urea groups is 1. The lowest BCUT2D eigenvalue weighted by molar-refractivity contribution is 0.256. The second kappa shape index (κ2) is 25.0. The summed E-state index contributed by atoms with van der Waals surface area (Å²) < 4.78 is 0. The first-order valence-corrected chi connectivity index (χ1v) is 7.20. The number of amides is 2. The fraction of sp³-hybridized carbons (Fsp3) is 0.800. The number of carbonyl (C=O) groups is 1. The average Bonchev–Trinajstić information content (AvgIpc) is 2.34. The van der Waals surface area contributed by atoms with Crippen molar-refractivity contribution in [3.63, 3.8) is 0 Å². The van der Waals surface area contributed by atoms with Gasteiger partial charge in [-0.05, 0) is 0 Å². The van der Waals surface area contributed by atoms with E-state index in [1.165, 1.54) is 64.2 Å². The molecule has 0 saturated heterocycles. The SMILES string of the molecule is C=C.CCCCCCCCCCCC.NC(N)=O. The Hall–Kier alpha value is -0.990. The van der Waals surface area contributed by atoms with Crippen LogP contribution in [0.15, 0.2) is 13.2 Å². The van der Waals surface area contributed by atoms with Crippen molar-refractivity contribution >= 4 is 6.03 Å². The number of primary amides is 2. The maximum absolute atomic E-state index is 9.00. The number of rotatable bonds is 9. The molecule has 0 radical (unpaired) electrons. The van der Waals surface area contributed by atoms with Crippen LogP contribution in [0.1, 0.15) is 78.1 Å². The third-order valence-electron chi connectivity index (χ3n) is 2.46. The van der Waals surface area contributed by atoms with Crippen LogP contribution in [0.4, 0.5) is 4.79 Å². The van der Waals surface area contributed by atoms with Crippen LogP contribution in [0.2, 0.25) is 0 Å². The van der Waals surface area contributed by atoms with Gasteiger partial charge in [-0.1, -0.05) is 78.1 Å². The van der Waals surface area contributed by atoms with Gasteiger partial charge in [0, 0.05) is 0 Å². The van der Waals surface area contributed by atoms with Crippen LogP contribution in [0.3, 0.4) is 0 Å². The monoisotopic (exact) mass is 258 g/mol. The molecule has 3 nitrogen and oxygen atoms in total. The molecule has 2 amide bonds. The summed E-state index contributed by atoms with van der Waals surface area (Å²) in [7, 11) is 0. The molecule has 0 aromatic heterocycles. The summed E-state index contributed by atoms with van der Waals surface area (Å²) in [6, 6.07) is -0.833. The molecule has 0 aliphatic heterocycles. The average molecular weight is 258 g/mol. The van der Waals surface area contributed by atoms with Crippen molar-refractivity contribution in [2.24, 2.45) is 11.5 Å². The summed E-state index contributed by atoms with van der Waals surface area (Å²) in [4.78, 5) is 9.00. The Morgan fingerprint density at radius 1 is 0.722 bits per heavy atom. The molecule has 110 valence electrons. The molecule has 0 unspecified atom stereocenters. The van der Waals surface area contributed by atoms with Crippen molar-refractivity contribution in [2.45, 2.75) is 78.1 Å². The third-order valence-corrected chi connectivity index (χ3v) is 2.46. The highest BCUT2D eigenvalue weighted by Gasteiger charge is 1.90. The van der Waals surface area contributed by atoms with Gasteiger partial charge in [0.25, 0.3) is 0 Å². The molecule has 18 heavy (non-hydrogen) atoms. The first kappa shape index (κ1) is 22.2. The molecule has 0 bridgehead atoms. The van der Waals surface area contributed by atoms with Crippen LogP contribution >= 0.6 is 0 Å². The van der Waals surface area contributed by atoms with E-state index in [4.69, 9.17) is 4.79 Å². The van der Waals surface area contributed by atoms with Crippen molar-refractivity contribution in [2.75, 3.05) is 0 Å². The fourth-order valence-electron chi connectivity index (χ4n) is 1.56. The largest absolute Gasteiger partial charge is 0.352 e. The van der Waals surface area contributed by atoms with E-state index in [-0.39, 0.29) is 0 Å². The van der Waals surface area contributed by atoms with Crippen LogP contribution in [0.25, 0.3) is 0 Å². The molecule has 4 N–H and O–H groups in total. The molecule has 0 aliphatic carbocycles. The molecule has 0 atom stereocenters. The molecule has 0 aliphatic rings. The molecule has 0 rings (SSSR count).